The number of rotatable bonds is 7. The summed E-state index contributed by atoms with van der Waals surface area (Å²) >= 11 is 0. The molecule has 10 nitrogen and oxygen atoms in total. The van der Waals surface area contributed by atoms with E-state index >= 15 is 4.39 Å². The number of benzene rings is 2. The van der Waals surface area contributed by atoms with Gasteiger partial charge in [-0.15, -0.1) is 0 Å². The number of hydrogen-bond acceptors (Lipinski definition) is 8. The van der Waals surface area contributed by atoms with Crippen LogP contribution in [0.15, 0.2) is 54.4 Å². The SMILES string of the molecule is CC(C)(N)/C=C(/C#N)C(=O)N1CCCC1Cn1nc(-c2ccc(Oc3cccc(F)c3F)cc2F)c2c(N)ncnc21. The van der Waals surface area contributed by atoms with Gasteiger partial charge in [0.2, 0.25) is 5.82 Å². The van der Waals surface area contributed by atoms with Crippen LogP contribution < -0.4 is 16.2 Å². The van der Waals surface area contributed by atoms with Crippen molar-refractivity contribution in [2.75, 3.05) is 12.3 Å². The zero-order chi connectivity index (χ0) is 30.2. The van der Waals surface area contributed by atoms with Gasteiger partial charge in [0.25, 0.3) is 5.91 Å². The minimum atomic E-state index is -1.19. The van der Waals surface area contributed by atoms with Gasteiger partial charge in [-0.2, -0.15) is 14.8 Å². The molecule has 13 heteroatoms. The number of nitrogens with zero attached hydrogens (tertiary/aromatic N) is 6. The minimum absolute atomic E-state index is 0.0468. The molecule has 0 bridgehead atoms. The molecule has 2 aromatic heterocycles. The highest BCUT2D eigenvalue weighted by Crippen LogP contribution is 2.35. The molecule has 1 unspecified atom stereocenters. The normalized spacial score (nSPS) is 15.7. The van der Waals surface area contributed by atoms with E-state index in [4.69, 9.17) is 16.2 Å². The van der Waals surface area contributed by atoms with E-state index in [0.29, 0.717) is 30.4 Å². The van der Waals surface area contributed by atoms with E-state index in [9.17, 15) is 18.8 Å². The van der Waals surface area contributed by atoms with Crippen LogP contribution in [0.1, 0.15) is 26.7 Å². The molecule has 1 amide bonds. The van der Waals surface area contributed by atoms with Crippen LogP contribution in [0.2, 0.25) is 0 Å². The molecule has 1 fully saturated rings. The van der Waals surface area contributed by atoms with E-state index in [1.54, 1.807) is 18.7 Å². The van der Waals surface area contributed by atoms with Crippen LogP contribution in [-0.4, -0.2) is 48.7 Å². The van der Waals surface area contributed by atoms with E-state index in [1.807, 2.05) is 6.07 Å². The largest absolute Gasteiger partial charge is 0.454 e. The highest BCUT2D eigenvalue weighted by Gasteiger charge is 2.33. The third-order valence-electron chi connectivity index (χ3n) is 6.79. The van der Waals surface area contributed by atoms with Crippen molar-refractivity contribution in [2.24, 2.45) is 5.73 Å². The van der Waals surface area contributed by atoms with Crippen molar-refractivity contribution in [3.63, 3.8) is 0 Å². The molecule has 0 aliphatic carbocycles. The fourth-order valence-corrected chi connectivity index (χ4v) is 4.95. The predicted molar refractivity (Wildman–Crippen MR) is 148 cm³/mol. The van der Waals surface area contributed by atoms with E-state index < -0.39 is 34.6 Å². The molecule has 0 radical (unpaired) electrons. The predicted octanol–water partition coefficient (Wildman–Crippen LogP) is 4.46. The van der Waals surface area contributed by atoms with Crippen molar-refractivity contribution in [3.05, 3.63) is 71.8 Å². The molecule has 4 N–H and O–H groups in total. The number of anilines is 1. The summed E-state index contributed by atoms with van der Waals surface area (Å²) in [6.07, 6.45) is 4.06. The first-order valence-electron chi connectivity index (χ1n) is 13.1. The van der Waals surface area contributed by atoms with Crippen molar-refractivity contribution in [1.29, 1.82) is 5.26 Å². The Morgan fingerprint density at radius 2 is 2.00 bits per heavy atom. The van der Waals surface area contributed by atoms with Crippen LogP contribution in [0, 0.1) is 28.8 Å². The summed E-state index contributed by atoms with van der Waals surface area (Å²) in [7, 11) is 0. The summed E-state index contributed by atoms with van der Waals surface area (Å²) < 4.78 is 50.0. The molecular formula is C29H27F3N8O2. The second-order valence-electron chi connectivity index (χ2n) is 10.6. The number of carbonyl (C=O) groups excluding carboxylic acids is 1. The first-order chi connectivity index (χ1) is 20.0. The van der Waals surface area contributed by atoms with Gasteiger partial charge in [-0.1, -0.05) is 6.07 Å². The lowest BCUT2D eigenvalue weighted by Gasteiger charge is -2.25. The first-order valence-corrected chi connectivity index (χ1v) is 13.1. The molecule has 1 atom stereocenters. The van der Waals surface area contributed by atoms with Gasteiger partial charge in [0.15, 0.2) is 17.2 Å². The lowest BCUT2D eigenvalue weighted by atomic mass is 10.0. The fraction of sp³-hybridized carbons (Fsp3) is 0.276. The van der Waals surface area contributed by atoms with Crippen LogP contribution in [0.3, 0.4) is 0 Å². The fourth-order valence-electron chi connectivity index (χ4n) is 4.95. The zero-order valence-corrected chi connectivity index (χ0v) is 22.8. The maximum absolute atomic E-state index is 15.4. The number of ether oxygens (including phenoxy) is 1. The van der Waals surface area contributed by atoms with Gasteiger partial charge in [-0.3, -0.25) is 4.79 Å². The summed E-state index contributed by atoms with van der Waals surface area (Å²) in [6.45, 7) is 4.03. The van der Waals surface area contributed by atoms with Crippen molar-refractivity contribution in [3.8, 4) is 28.8 Å². The number of fused-ring (bicyclic) bond motifs is 1. The van der Waals surface area contributed by atoms with Crippen LogP contribution in [-0.2, 0) is 11.3 Å². The summed E-state index contributed by atoms with van der Waals surface area (Å²) in [6, 6.07) is 8.86. The monoisotopic (exact) mass is 576 g/mol. The average Bonchev–Trinajstić information content (AvgIpc) is 3.55. The molecule has 0 saturated carbocycles. The Hall–Kier alpha value is -4.96. The van der Waals surface area contributed by atoms with E-state index in [0.717, 1.165) is 12.1 Å². The molecule has 1 aliphatic rings. The number of aromatic nitrogens is 4. The molecule has 2 aromatic carbocycles. The lowest BCUT2D eigenvalue weighted by molar-refractivity contribution is -0.127. The molecular weight excluding hydrogens is 549 g/mol. The van der Waals surface area contributed by atoms with Gasteiger partial charge in [-0.05, 0) is 57.0 Å². The second-order valence-corrected chi connectivity index (χ2v) is 10.6. The Morgan fingerprint density at radius 1 is 1.21 bits per heavy atom. The quantitative estimate of drug-likeness (QED) is 0.242. The molecule has 3 heterocycles. The Labute approximate surface area is 239 Å². The van der Waals surface area contributed by atoms with Gasteiger partial charge >= 0.3 is 0 Å². The van der Waals surface area contributed by atoms with Crippen molar-refractivity contribution in [2.45, 2.75) is 44.8 Å². The number of nitriles is 1. The smallest absolute Gasteiger partial charge is 0.264 e. The van der Waals surface area contributed by atoms with Gasteiger partial charge in [-0.25, -0.2) is 23.4 Å². The average molecular weight is 577 g/mol. The number of halogens is 3. The van der Waals surface area contributed by atoms with Gasteiger partial charge in [0.1, 0.15) is 41.0 Å². The standard InChI is InChI=1S/C29H27F3N8O2/c1-29(2,35)12-16(13-33)28(41)39-10-4-5-17(39)14-40-27-23(26(34)36-15-37-27)25(38-40)19-9-8-18(11-21(19)31)42-22-7-3-6-20(30)24(22)32/h3,6-9,11-12,15,17H,4-5,10,14,35H2,1-2H3,(H2,34,36,37)/b16-12-. The maximum atomic E-state index is 15.4. The van der Waals surface area contributed by atoms with Crippen LogP contribution >= 0.6 is 0 Å². The number of amides is 1. The molecule has 1 aliphatic heterocycles. The van der Waals surface area contributed by atoms with E-state index in [1.165, 1.54) is 41.4 Å². The summed E-state index contributed by atoms with van der Waals surface area (Å²) in [5.41, 5.74) is 11.8. The van der Waals surface area contributed by atoms with E-state index in [2.05, 4.69) is 15.1 Å². The summed E-state index contributed by atoms with van der Waals surface area (Å²) in [4.78, 5) is 23.2. The minimum Gasteiger partial charge on any atom is -0.454 e. The molecule has 0 spiro atoms. The molecule has 216 valence electrons. The second kappa shape index (κ2) is 11.1. The molecule has 42 heavy (non-hydrogen) atoms. The van der Waals surface area contributed by atoms with Gasteiger partial charge in [0, 0.05) is 23.7 Å². The third kappa shape index (κ3) is 5.61. The van der Waals surface area contributed by atoms with Crippen molar-refractivity contribution >= 4 is 22.8 Å². The van der Waals surface area contributed by atoms with Crippen LogP contribution in [0.4, 0.5) is 19.0 Å². The van der Waals surface area contributed by atoms with Gasteiger partial charge in [0.05, 0.1) is 18.0 Å². The Morgan fingerprint density at radius 3 is 2.71 bits per heavy atom. The van der Waals surface area contributed by atoms with Gasteiger partial charge < -0.3 is 21.1 Å². The molecule has 4 aromatic rings. The Bertz CT molecular complexity index is 1760. The number of carbonyl (C=O) groups is 1. The molecule has 5 rings (SSSR count). The van der Waals surface area contributed by atoms with Crippen molar-refractivity contribution in [1.82, 2.24) is 24.6 Å². The highest BCUT2D eigenvalue weighted by molar-refractivity contribution is 5.99. The maximum Gasteiger partial charge on any atom is 0.264 e. The first kappa shape index (κ1) is 28.6. The number of likely N-dealkylation sites (tertiary alicyclic amines) is 1. The lowest BCUT2D eigenvalue weighted by Crippen LogP contribution is -2.40. The topological polar surface area (TPSA) is 149 Å². The summed E-state index contributed by atoms with van der Waals surface area (Å²) in [5, 5.41) is 14.5. The molecule has 1 saturated heterocycles. The Kier molecular flexibility index (Phi) is 7.57. The number of nitrogen functional groups attached to an aromatic ring is 1. The van der Waals surface area contributed by atoms with Crippen LogP contribution in [0.5, 0.6) is 11.5 Å². The number of hydrogen-bond donors (Lipinski definition) is 2. The third-order valence-corrected chi connectivity index (χ3v) is 6.79. The summed E-state index contributed by atoms with van der Waals surface area (Å²) in [5.74, 6) is -3.86. The van der Waals surface area contributed by atoms with Crippen molar-refractivity contribution < 1.29 is 22.7 Å². The number of nitrogens with two attached hydrogens (primary N) is 2. The van der Waals surface area contributed by atoms with E-state index in [-0.39, 0.29) is 41.0 Å². The highest BCUT2D eigenvalue weighted by atomic mass is 19.2. The Balaban J connectivity index is 1.48. The zero-order valence-electron chi connectivity index (χ0n) is 22.8. The van der Waals surface area contributed by atoms with Crippen LogP contribution in [0.25, 0.3) is 22.3 Å².